The summed E-state index contributed by atoms with van der Waals surface area (Å²) in [5, 5.41) is 0. The van der Waals surface area contributed by atoms with Gasteiger partial charge in [0.15, 0.2) is 0 Å². The van der Waals surface area contributed by atoms with E-state index in [-0.39, 0.29) is 5.75 Å². The van der Waals surface area contributed by atoms with Crippen molar-refractivity contribution < 1.29 is 17.9 Å². The smallest absolute Gasteiger partial charge is 0.214 e. The maximum atomic E-state index is 12.4. The van der Waals surface area contributed by atoms with Gasteiger partial charge in [0.2, 0.25) is 10.0 Å². The number of para-hydroxylation sites is 1. The molecule has 2 aliphatic heterocycles. The molecule has 2 aliphatic rings. The van der Waals surface area contributed by atoms with Gasteiger partial charge in [-0.3, -0.25) is 0 Å². The quantitative estimate of drug-likeness (QED) is 0.835. The zero-order valence-electron chi connectivity index (χ0n) is 12.2. The lowest BCUT2D eigenvalue weighted by Gasteiger charge is -2.38. The number of ether oxygens (including phenoxy) is 2. The van der Waals surface area contributed by atoms with Crippen molar-refractivity contribution in [1.82, 2.24) is 4.31 Å². The molecule has 1 fully saturated rings. The standard InChI is InChI=1S/C15H21NO4S/c1-2-21(17,18)16-11-13-5-3-4-6-14(13)20-15(12-16)7-9-19-10-8-15/h3-6H,2,7-12H2,1H3. The van der Waals surface area contributed by atoms with Crippen LogP contribution in [0.15, 0.2) is 24.3 Å². The van der Waals surface area contributed by atoms with Gasteiger partial charge in [0, 0.05) is 24.9 Å². The molecule has 116 valence electrons. The molecule has 3 rings (SSSR count). The molecule has 2 heterocycles. The van der Waals surface area contributed by atoms with E-state index in [2.05, 4.69) is 0 Å². The van der Waals surface area contributed by atoms with Gasteiger partial charge in [-0.2, -0.15) is 4.31 Å². The second-order valence-electron chi connectivity index (χ2n) is 5.67. The Morgan fingerprint density at radius 2 is 1.95 bits per heavy atom. The Morgan fingerprint density at radius 1 is 1.24 bits per heavy atom. The Hall–Kier alpha value is -1.11. The van der Waals surface area contributed by atoms with Crippen molar-refractivity contribution in [3.8, 4) is 5.75 Å². The molecule has 5 nitrogen and oxygen atoms in total. The van der Waals surface area contributed by atoms with Crippen molar-refractivity contribution >= 4 is 10.0 Å². The maximum Gasteiger partial charge on any atom is 0.214 e. The molecule has 1 spiro atoms. The van der Waals surface area contributed by atoms with Gasteiger partial charge >= 0.3 is 0 Å². The minimum absolute atomic E-state index is 0.113. The third kappa shape index (κ3) is 2.93. The van der Waals surface area contributed by atoms with Crippen LogP contribution in [0.5, 0.6) is 5.75 Å². The number of hydrogen-bond donors (Lipinski definition) is 0. The monoisotopic (exact) mass is 311 g/mol. The number of benzene rings is 1. The molecule has 1 aromatic carbocycles. The second-order valence-corrected chi connectivity index (χ2v) is 7.93. The highest BCUT2D eigenvalue weighted by Crippen LogP contribution is 2.35. The Labute approximate surface area is 125 Å². The number of rotatable bonds is 2. The fraction of sp³-hybridized carbons (Fsp3) is 0.600. The average Bonchev–Trinajstić information content (AvgIpc) is 2.65. The minimum Gasteiger partial charge on any atom is -0.485 e. The highest BCUT2D eigenvalue weighted by Gasteiger charge is 2.42. The van der Waals surface area contributed by atoms with Gasteiger partial charge in [0.05, 0.1) is 25.5 Å². The normalized spacial score (nSPS) is 22.3. The van der Waals surface area contributed by atoms with Crippen LogP contribution in [0, 0.1) is 0 Å². The highest BCUT2D eigenvalue weighted by molar-refractivity contribution is 7.89. The van der Waals surface area contributed by atoms with Crippen LogP contribution in [-0.4, -0.2) is 43.8 Å². The van der Waals surface area contributed by atoms with Crippen molar-refractivity contribution in [3.63, 3.8) is 0 Å². The molecule has 0 amide bonds. The first-order valence-electron chi connectivity index (χ1n) is 7.37. The van der Waals surface area contributed by atoms with Crippen molar-refractivity contribution in [1.29, 1.82) is 0 Å². The van der Waals surface area contributed by atoms with Gasteiger partial charge in [0.1, 0.15) is 11.4 Å². The first-order valence-corrected chi connectivity index (χ1v) is 8.98. The molecule has 6 heteroatoms. The van der Waals surface area contributed by atoms with E-state index in [9.17, 15) is 8.42 Å². The molecule has 21 heavy (non-hydrogen) atoms. The van der Waals surface area contributed by atoms with Crippen LogP contribution in [0.1, 0.15) is 25.3 Å². The van der Waals surface area contributed by atoms with E-state index in [1.165, 1.54) is 0 Å². The number of nitrogens with zero attached hydrogens (tertiary/aromatic N) is 1. The molecule has 1 saturated heterocycles. The lowest BCUT2D eigenvalue weighted by molar-refractivity contribution is -0.0500. The third-order valence-electron chi connectivity index (χ3n) is 4.27. The van der Waals surface area contributed by atoms with Crippen LogP contribution in [0.25, 0.3) is 0 Å². The molecule has 0 atom stereocenters. The highest BCUT2D eigenvalue weighted by atomic mass is 32.2. The van der Waals surface area contributed by atoms with Gasteiger partial charge in [-0.25, -0.2) is 8.42 Å². The van der Waals surface area contributed by atoms with E-state index in [1.54, 1.807) is 11.2 Å². The van der Waals surface area contributed by atoms with E-state index >= 15 is 0 Å². The maximum absolute atomic E-state index is 12.4. The first-order chi connectivity index (χ1) is 10.0. The molecule has 0 unspecified atom stereocenters. The molecule has 1 aromatic rings. The predicted molar refractivity (Wildman–Crippen MR) is 79.7 cm³/mol. The van der Waals surface area contributed by atoms with E-state index in [0.29, 0.717) is 26.3 Å². The second kappa shape index (κ2) is 5.59. The van der Waals surface area contributed by atoms with Crippen molar-refractivity contribution in [2.45, 2.75) is 31.9 Å². The summed E-state index contributed by atoms with van der Waals surface area (Å²) in [6, 6.07) is 7.71. The fourth-order valence-electron chi connectivity index (χ4n) is 2.95. The molecule has 0 aliphatic carbocycles. The molecule has 0 bridgehead atoms. The van der Waals surface area contributed by atoms with E-state index in [1.807, 2.05) is 24.3 Å². The molecule has 0 saturated carbocycles. The summed E-state index contributed by atoms with van der Waals surface area (Å²) in [7, 11) is -3.25. The SMILES string of the molecule is CCS(=O)(=O)N1Cc2ccccc2OC2(CCOCC2)C1. The zero-order chi connectivity index (χ0) is 14.9. The van der Waals surface area contributed by atoms with Crippen LogP contribution in [0.2, 0.25) is 0 Å². The zero-order valence-corrected chi connectivity index (χ0v) is 13.1. The van der Waals surface area contributed by atoms with E-state index in [4.69, 9.17) is 9.47 Å². The summed E-state index contributed by atoms with van der Waals surface area (Å²) in [5.41, 5.74) is 0.463. The van der Waals surface area contributed by atoms with Crippen LogP contribution < -0.4 is 4.74 Å². The Morgan fingerprint density at radius 3 is 2.67 bits per heavy atom. The Kier molecular flexibility index (Phi) is 3.94. The number of hydrogen-bond acceptors (Lipinski definition) is 4. The van der Waals surface area contributed by atoms with Crippen LogP contribution in [-0.2, 0) is 21.3 Å². The van der Waals surface area contributed by atoms with Gasteiger partial charge in [0.25, 0.3) is 0 Å². The van der Waals surface area contributed by atoms with Gasteiger partial charge in [-0.15, -0.1) is 0 Å². The minimum atomic E-state index is -3.25. The summed E-state index contributed by atoms with van der Waals surface area (Å²) in [6.07, 6.45) is 1.44. The molecule has 0 aromatic heterocycles. The fourth-order valence-corrected chi connectivity index (χ4v) is 4.08. The summed E-state index contributed by atoms with van der Waals surface area (Å²) in [6.45, 7) is 3.70. The number of sulfonamides is 1. The lowest BCUT2D eigenvalue weighted by Crippen LogP contribution is -2.51. The first kappa shape index (κ1) is 14.8. The molecular weight excluding hydrogens is 290 g/mol. The van der Waals surface area contributed by atoms with E-state index < -0.39 is 15.6 Å². The van der Waals surface area contributed by atoms with E-state index in [0.717, 1.165) is 24.2 Å². The van der Waals surface area contributed by atoms with Crippen molar-refractivity contribution in [2.24, 2.45) is 0 Å². The Bertz CT molecular complexity index is 608. The van der Waals surface area contributed by atoms with Gasteiger partial charge in [-0.05, 0) is 13.0 Å². The van der Waals surface area contributed by atoms with Gasteiger partial charge in [-0.1, -0.05) is 18.2 Å². The predicted octanol–water partition coefficient (Wildman–Crippen LogP) is 1.78. The topological polar surface area (TPSA) is 55.8 Å². The summed E-state index contributed by atoms with van der Waals surface area (Å²) >= 11 is 0. The summed E-state index contributed by atoms with van der Waals surface area (Å²) in [4.78, 5) is 0. The Balaban J connectivity index is 2.01. The van der Waals surface area contributed by atoms with Gasteiger partial charge < -0.3 is 9.47 Å². The number of fused-ring (bicyclic) bond motifs is 1. The molecular formula is C15H21NO4S. The van der Waals surface area contributed by atoms with Crippen LogP contribution in [0.4, 0.5) is 0 Å². The van der Waals surface area contributed by atoms with Crippen LogP contribution in [0.3, 0.4) is 0 Å². The lowest BCUT2D eigenvalue weighted by atomic mass is 9.94. The van der Waals surface area contributed by atoms with Crippen molar-refractivity contribution in [3.05, 3.63) is 29.8 Å². The largest absolute Gasteiger partial charge is 0.485 e. The molecule has 0 N–H and O–H groups in total. The van der Waals surface area contributed by atoms with Crippen LogP contribution >= 0.6 is 0 Å². The summed E-state index contributed by atoms with van der Waals surface area (Å²) in [5.74, 6) is 0.912. The third-order valence-corrected chi connectivity index (χ3v) is 6.05. The van der Waals surface area contributed by atoms with Crippen molar-refractivity contribution in [2.75, 3.05) is 25.5 Å². The molecule has 0 radical (unpaired) electrons. The summed E-state index contributed by atoms with van der Waals surface area (Å²) < 4.78 is 38.0. The average molecular weight is 311 g/mol.